The third-order valence-electron chi connectivity index (χ3n) is 7.27. The van der Waals surface area contributed by atoms with Crippen LogP contribution >= 0.6 is 23.1 Å². The van der Waals surface area contributed by atoms with Gasteiger partial charge in [-0.3, -0.25) is 14.5 Å². The van der Waals surface area contributed by atoms with E-state index in [-0.39, 0.29) is 22.0 Å². The van der Waals surface area contributed by atoms with Gasteiger partial charge in [-0.05, 0) is 52.2 Å². The number of ether oxygens (including phenoxy) is 2. The number of hydrogen-bond donors (Lipinski definition) is 1. The lowest BCUT2D eigenvalue weighted by atomic mass is 9.95. The summed E-state index contributed by atoms with van der Waals surface area (Å²) in [6.45, 7) is 3.95. The maximum Gasteiger partial charge on any atom is 0.301 e. The molecule has 1 fully saturated rings. The highest BCUT2D eigenvalue weighted by Gasteiger charge is 2.48. The fourth-order valence-electron chi connectivity index (χ4n) is 5.13. The molecule has 1 aromatic heterocycles. The highest BCUT2D eigenvalue weighted by Crippen LogP contribution is 2.44. The minimum absolute atomic E-state index is 0.0193. The molecule has 0 aliphatic carbocycles. The van der Waals surface area contributed by atoms with Crippen molar-refractivity contribution in [1.29, 1.82) is 0 Å². The second-order valence-electron chi connectivity index (χ2n) is 9.96. The summed E-state index contributed by atoms with van der Waals surface area (Å²) in [6, 6.07) is 23.8. The van der Waals surface area contributed by atoms with Gasteiger partial charge in [-0.15, -0.1) is 10.2 Å². The van der Waals surface area contributed by atoms with Crippen LogP contribution in [0.2, 0.25) is 0 Å². The van der Waals surface area contributed by atoms with Crippen LogP contribution in [-0.4, -0.2) is 40.7 Å². The maximum absolute atomic E-state index is 14.6. The standard InChI is InChI=1S/C34H26FN3O5S2/c1-3-17-43-24-14-11-21(12-15-24)29-28(30(39)22-13-16-27(42-2)26(35)18-22)31(40)32(41)38(29)33-36-37-34(45-33)44-19-23-9-6-8-20-7-4-5-10-25(20)23/h3-16,18,29,39H,1,17,19H2,2H3/t29-/m0/s1. The number of thioether (sulfide) groups is 1. The third-order valence-corrected chi connectivity index (χ3v) is 9.37. The Balaban J connectivity index is 1.37. The maximum atomic E-state index is 14.6. The highest BCUT2D eigenvalue weighted by atomic mass is 32.2. The summed E-state index contributed by atoms with van der Waals surface area (Å²) in [5.74, 6) is -1.92. The number of Topliss-reactive ketones (excluding diaryl/α,β-unsaturated/α-hetero) is 1. The fourth-order valence-corrected chi connectivity index (χ4v) is 7.00. The van der Waals surface area contributed by atoms with Crippen LogP contribution in [-0.2, 0) is 15.3 Å². The van der Waals surface area contributed by atoms with Gasteiger partial charge in [-0.25, -0.2) is 4.39 Å². The van der Waals surface area contributed by atoms with E-state index in [0.717, 1.165) is 22.4 Å². The van der Waals surface area contributed by atoms with E-state index in [9.17, 15) is 19.1 Å². The average molecular weight is 640 g/mol. The lowest BCUT2D eigenvalue weighted by Gasteiger charge is -2.22. The summed E-state index contributed by atoms with van der Waals surface area (Å²) in [5.41, 5.74) is 1.45. The number of rotatable bonds is 10. The Morgan fingerprint density at radius 1 is 1.07 bits per heavy atom. The van der Waals surface area contributed by atoms with Crippen LogP contribution in [0.3, 0.4) is 0 Å². The summed E-state index contributed by atoms with van der Waals surface area (Å²) >= 11 is 2.64. The van der Waals surface area contributed by atoms with E-state index in [2.05, 4.69) is 41.0 Å². The molecule has 0 bridgehead atoms. The van der Waals surface area contributed by atoms with Gasteiger partial charge in [0.15, 0.2) is 15.9 Å². The summed E-state index contributed by atoms with van der Waals surface area (Å²) in [7, 11) is 1.32. The van der Waals surface area contributed by atoms with Crippen molar-refractivity contribution in [2.24, 2.45) is 0 Å². The van der Waals surface area contributed by atoms with Gasteiger partial charge < -0.3 is 14.6 Å². The van der Waals surface area contributed by atoms with Crippen molar-refractivity contribution in [2.45, 2.75) is 16.1 Å². The minimum atomic E-state index is -1.06. The smallest absolute Gasteiger partial charge is 0.301 e. The van der Waals surface area contributed by atoms with Crippen LogP contribution in [0, 0.1) is 5.82 Å². The molecule has 1 amide bonds. The third kappa shape index (κ3) is 5.92. The van der Waals surface area contributed by atoms with Crippen molar-refractivity contribution in [3.63, 3.8) is 0 Å². The number of anilines is 1. The molecule has 1 N–H and O–H groups in total. The van der Waals surface area contributed by atoms with Crippen molar-refractivity contribution < 1.29 is 28.6 Å². The topological polar surface area (TPSA) is 102 Å². The number of amides is 1. The van der Waals surface area contributed by atoms with Crippen molar-refractivity contribution in [3.8, 4) is 11.5 Å². The van der Waals surface area contributed by atoms with Gasteiger partial charge in [0.25, 0.3) is 5.78 Å². The molecule has 0 saturated carbocycles. The zero-order valence-electron chi connectivity index (χ0n) is 24.0. The molecule has 1 aliphatic heterocycles. The van der Waals surface area contributed by atoms with Crippen LogP contribution < -0.4 is 14.4 Å². The second-order valence-corrected chi connectivity index (χ2v) is 12.1. The zero-order valence-corrected chi connectivity index (χ0v) is 25.6. The van der Waals surface area contributed by atoms with Crippen LogP contribution in [0.5, 0.6) is 11.5 Å². The molecule has 1 atom stereocenters. The van der Waals surface area contributed by atoms with Crippen LogP contribution in [0.1, 0.15) is 22.7 Å². The number of carbonyl (C=O) groups is 2. The van der Waals surface area contributed by atoms with E-state index in [1.54, 1.807) is 30.3 Å². The Morgan fingerprint density at radius 3 is 2.60 bits per heavy atom. The van der Waals surface area contributed by atoms with Crippen LogP contribution in [0.4, 0.5) is 9.52 Å². The lowest BCUT2D eigenvalue weighted by Crippen LogP contribution is -2.29. The molecule has 45 heavy (non-hydrogen) atoms. The number of fused-ring (bicyclic) bond motifs is 1. The van der Waals surface area contributed by atoms with Gasteiger partial charge >= 0.3 is 5.91 Å². The number of ketones is 1. The SMILES string of the molecule is C=CCOc1ccc([C@H]2C(=C(O)c3ccc(OC)c(F)c3)C(=O)C(=O)N2c2nnc(SCc3cccc4ccccc34)s2)cc1. The highest BCUT2D eigenvalue weighted by molar-refractivity contribution is 8.00. The molecule has 6 rings (SSSR count). The van der Waals surface area contributed by atoms with Crippen molar-refractivity contribution >= 4 is 56.5 Å². The molecule has 5 aromatic rings. The first-order chi connectivity index (χ1) is 21.9. The largest absolute Gasteiger partial charge is 0.507 e. The summed E-state index contributed by atoms with van der Waals surface area (Å²) in [6.07, 6.45) is 1.61. The zero-order chi connectivity index (χ0) is 31.5. The number of halogens is 1. The number of aliphatic hydroxyl groups excluding tert-OH is 1. The van der Waals surface area contributed by atoms with E-state index in [1.807, 2.05) is 18.2 Å². The molecule has 2 heterocycles. The molecule has 0 unspecified atom stereocenters. The second kappa shape index (κ2) is 12.9. The number of methoxy groups -OCH3 is 1. The van der Waals surface area contributed by atoms with Gasteiger partial charge in [0.1, 0.15) is 18.1 Å². The Hall–Kier alpha value is -5.00. The summed E-state index contributed by atoms with van der Waals surface area (Å²) in [5, 5.41) is 22.4. The van der Waals surface area contributed by atoms with Crippen LogP contribution in [0.25, 0.3) is 16.5 Å². The Labute approximate surface area is 266 Å². The predicted molar refractivity (Wildman–Crippen MR) is 173 cm³/mol. The molecule has 4 aromatic carbocycles. The minimum Gasteiger partial charge on any atom is -0.507 e. The molecule has 0 spiro atoms. The van der Waals surface area contributed by atoms with E-state index < -0.39 is 29.3 Å². The van der Waals surface area contributed by atoms with Gasteiger partial charge in [0.05, 0.1) is 18.7 Å². The molecule has 8 nitrogen and oxygen atoms in total. The quantitative estimate of drug-likeness (QED) is 0.0424. The number of aliphatic hydroxyl groups is 1. The van der Waals surface area contributed by atoms with E-state index in [4.69, 9.17) is 9.47 Å². The summed E-state index contributed by atoms with van der Waals surface area (Å²) < 4.78 is 25.8. The van der Waals surface area contributed by atoms with Gasteiger partial charge in [-0.2, -0.15) is 0 Å². The number of benzene rings is 4. The molecular weight excluding hydrogens is 614 g/mol. The number of carbonyl (C=O) groups excluding carboxylic acids is 2. The molecule has 11 heteroatoms. The van der Waals surface area contributed by atoms with Gasteiger partial charge in [0.2, 0.25) is 5.13 Å². The first-order valence-corrected chi connectivity index (χ1v) is 15.6. The Kier molecular flexibility index (Phi) is 8.63. The summed E-state index contributed by atoms with van der Waals surface area (Å²) in [4.78, 5) is 28.3. The monoisotopic (exact) mass is 639 g/mol. The molecular formula is C34H26FN3O5S2. The Bertz CT molecular complexity index is 1950. The number of aromatic nitrogens is 2. The molecule has 0 radical (unpaired) electrons. The lowest BCUT2D eigenvalue weighted by molar-refractivity contribution is -0.132. The van der Waals surface area contributed by atoms with Gasteiger partial charge in [0, 0.05) is 11.3 Å². The molecule has 1 aliphatic rings. The molecule has 226 valence electrons. The fraction of sp³-hybridized carbons (Fsp3) is 0.118. The number of hydrogen-bond acceptors (Lipinski definition) is 9. The van der Waals surface area contributed by atoms with E-state index >= 15 is 0 Å². The average Bonchev–Trinajstić information content (AvgIpc) is 3.64. The van der Waals surface area contributed by atoms with E-state index in [0.29, 0.717) is 28.0 Å². The predicted octanol–water partition coefficient (Wildman–Crippen LogP) is 7.32. The van der Waals surface area contributed by atoms with Crippen molar-refractivity contribution in [3.05, 3.63) is 126 Å². The number of nitrogens with zero attached hydrogens (tertiary/aromatic N) is 3. The van der Waals surface area contributed by atoms with E-state index in [1.165, 1.54) is 47.2 Å². The van der Waals surface area contributed by atoms with Crippen molar-refractivity contribution in [2.75, 3.05) is 18.6 Å². The van der Waals surface area contributed by atoms with Crippen LogP contribution in [0.15, 0.2) is 107 Å². The normalized spacial score (nSPS) is 15.9. The first-order valence-electron chi connectivity index (χ1n) is 13.8. The van der Waals surface area contributed by atoms with Crippen molar-refractivity contribution in [1.82, 2.24) is 10.2 Å². The molecule has 1 saturated heterocycles. The first kappa shape index (κ1) is 30.0. The Morgan fingerprint density at radius 2 is 1.84 bits per heavy atom. The van der Waals surface area contributed by atoms with Gasteiger partial charge in [-0.1, -0.05) is 90.4 Å².